The molecule has 0 unspecified atom stereocenters. The Labute approximate surface area is 224 Å². The lowest BCUT2D eigenvalue weighted by Gasteiger charge is -2.29. The van der Waals surface area contributed by atoms with E-state index in [-0.39, 0.29) is 47.7 Å². The number of aromatic amines is 1. The lowest BCUT2D eigenvalue weighted by Crippen LogP contribution is -2.36. The SMILES string of the molecule is COCc1cc(=O)c(O)c([C@H](CC(=O)N2CCc3c([nH]c4ccccc34)C2)c2cc(OC)c(O)c(OC)c2)o1. The number of carbonyl (C=O) groups excluding carboxylic acids is 1. The number of rotatable bonds is 8. The number of phenols is 1. The van der Waals surface area contributed by atoms with Gasteiger partial charge in [0, 0.05) is 42.7 Å². The summed E-state index contributed by atoms with van der Waals surface area (Å²) in [5, 5.41) is 22.4. The average Bonchev–Trinajstić information content (AvgIpc) is 3.32. The zero-order valence-corrected chi connectivity index (χ0v) is 21.9. The van der Waals surface area contributed by atoms with Crippen molar-refractivity contribution in [2.75, 3.05) is 27.9 Å². The van der Waals surface area contributed by atoms with Gasteiger partial charge in [0.1, 0.15) is 12.4 Å². The van der Waals surface area contributed by atoms with Gasteiger partial charge in [-0.05, 0) is 35.7 Å². The highest BCUT2D eigenvalue weighted by molar-refractivity contribution is 5.86. The normalized spacial score (nSPS) is 13.8. The number of methoxy groups -OCH3 is 3. The van der Waals surface area contributed by atoms with Crippen LogP contribution >= 0.6 is 0 Å². The van der Waals surface area contributed by atoms with Crippen molar-refractivity contribution in [1.29, 1.82) is 0 Å². The van der Waals surface area contributed by atoms with E-state index >= 15 is 0 Å². The molecule has 3 N–H and O–H groups in total. The van der Waals surface area contributed by atoms with Crippen LogP contribution in [0.15, 0.2) is 51.7 Å². The number of para-hydroxylation sites is 1. The van der Waals surface area contributed by atoms with Crippen LogP contribution in [0, 0.1) is 0 Å². The molecule has 0 fully saturated rings. The highest BCUT2D eigenvalue weighted by atomic mass is 16.5. The molecular weight excluding hydrogens is 504 g/mol. The van der Waals surface area contributed by atoms with Crippen LogP contribution in [0.4, 0.5) is 0 Å². The van der Waals surface area contributed by atoms with E-state index < -0.39 is 17.1 Å². The quantitative estimate of drug-likeness (QED) is 0.311. The zero-order valence-electron chi connectivity index (χ0n) is 21.9. The summed E-state index contributed by atoms with van der Waals surface area (Å²) in [6.45, 7) is 0.917. The first kappa shape index (κ1) is 26.2. The van der Waals surface area contributed by atoms with Crippen LogP contribution in [0.25, 0.3) is 10.9 Å². The molecule has 1 atom stereocenters. The number of fused-ring (bicyclic) bond motifs is 3. The van der Waals surface area contributed by atoms with E-state index in [1.54, 1.807) is 4.90 Å². The van der Waals surface area contributed by atoms with Crippen LogP contribution in [0.1, 0.15) is 40.7 Å². The first-order valence-corrected chi connectivity index (χ1v) is 12.5. The fraction of sp³-hybridized carbons (Fsp3) is 0.310. The van der Waals surface area contributed by atoms with Crippen LogP contribution in [-0.4, -0.2) is 53.9 Å². The Bertz CT molecular complexity index is 1560. The number of H-pyrrole nitrogens is 1. The predicted molar refractivity (Wildman–Crippen MR) is 142 cm³/mol. The molecule has 5 rings (SSSR count). The maximum Gasteiger partial charge on any atom is 0.227 e. The van der Waals surface area contributed by atoms with Gasteiger partial charge in [0.05, 0.1) is 26.7 Å². The van der Waals surface area contributed by atoms with Gasteiger partial charge in [-0.3, -0.25) is 9.59 Å². The summed E-state index contributed by atoms with van der Waals surface area (Å²) in [5.74, 6) is -1.57. The van der Waals surface area contributed by atoms with Crippen molar-refractivity contribution in [2.45, 2.75) is 31.9 Å². The molecule has 204 valence electrons. The van der Waals surface area contributed by atoms with Crippen molar-refractivity contribution in [3.05, 3.63) is 81.0 Å². The van der Waals surface area contributed by atoms with E-state index in [1.165, 1.54) is 39.0 Å². The van der Waals surface area contributed by atoms with E-state index in [4.69, 9.17) is 18.6 Å². The Balaban J connectivity index is 1.54. The summed E-state index contributed by atoms with van der Waals surface area (Å²) in [6.07, 6.45) is 0.569. The minimum absolute atomic E-state index is 0.000686. The fourth-order valence-electron chi connectivity index (χ4n) is 5.19. The number of nitrogens with one attached hydrogen (secondary N) is 1. The molecule has 1 amide bonds. The second-order valence-electron chi connectivity index (χ2n) is 9.45. The molecule has 0 saturated carbocycles. The summed E-state index contributed by atoms with van der Waals surface area (Å²) in [5.41, 5.74) is 3.01. The minimum Gasteiger partial charge on any atom is -0.502 e. The third-order valence-corrected chi connectivity index (χ3v) is 7.12. The third-order valence-electron chi connectivity index (χ3n) is 7.12. The van der Waals surface area contributed by atoms with Crippen molar-refractivity contribution >= 4 is 16.8 Å². The van der Waals surface area contributed by atoms with E-state index in [1.807, 2.05) is 18.2 Å². The third kappa shape index (κ3) is 4.90. The maximum absolute atomic E-state index is 13.7. The smallest absolute Gasteiger partial charge is 0.227 e. The van der Waals surface area contributed by atoms with E-state index in [0.29, 0.717) is 25.1 Å². The monoisotopic (exact) mass is 534 g/mol. The lowest BCUT2D eigenvalue weighted by atomic mass is 9.90. The Morgan fingerprint density at radius 2 is 1.79 bits per heavy atom. The van der Waals surface area contributed by atoms with Crippen molar-refractivity contribution in [3.8, 4) is 23.0 Å². The molecule has 0 radical (unpaired) electrons. The molecule has 0 spiro atoms. The fourth-order valence-corrected chi connectivity index (χ4v) is 5.19. The number of amides is 1. The van der Waals surface area contributed by atoms with Gasteiger partial charge in [0.2, 0.25) is 22.8 Å². The van der Waals surface area contributed by atoms with Gasteiger partial charge < -0.3 is 38.7 Å². The number of nitrogens with zero attached hydrogens (tertiary/aromatic N) is 1. The number of aromatic hydroxyl groups is 2. The number of hydrogen-bond donors (Lipinski definition) is 3. The van der Waals surface area contributed by atoms with Gasteiger partial charge in [-0.25, -0.2) is 0 Å². The van der Waals surface area contributed by atoms with Crippen LogP contribution in [0.3, 0.4) is 0 Å². The molecule has 10 heteroatoms. The Hall–Kier alpha value is -4.44. The summed E-state index contributed by atoms with van der Waals surface area (Å²) in [7, 11) is 4.24. The summed E-state index contributed by atoms with van der Waals surface area (Å²) in [4.78, 5) is 31.5. The lowest BCUT2D eigenvalue weighted by molar-refractivity contribution is -0.132. The zero-order chi connectivity index (χ0) is 27.7. The number of carbonyl (C=O) groups is 1. The Morgan fingerprint density at radius 1 is 1.08 bits per heavy atom. The molecule has 0 bridgehead atoms. The molecule has 39 heavy (non-hydrogen) atoms. The van der Waals surface area contributed by atoms with E-state index in [9.17, 15) is 19.8 Å². The van der Waals surface area contributed by atoms with E-state index in [2.05, 4.69) is 11.1 Å². The highest BCUT2D eigenvalue weighted by Gasteiger charge is 2.31. The van der Waals surface area contributed by atoms with Crippen LogP contribution in [0.2, 0.25) is 0 Å². The number of hydrogen-bond acceptors (Lipinski definition) is 8. The van der Waals surface area contributed by atoms with Crippen molar-refractivity contribution in [1.82, 2.24) is 9.88 Å². The van der Waals surface area contributed by atoms with Crippen LogP contribution in [-0.2, 0) is 29.1 Å². The molecule has 0 aliphatic carbocycles. The van der Waals surface area contributed by atoms with Crippen LogP contribution < -0.4 is 14.9 Å². The van der Waals surface area contributed by atoms with Gasteiger partial charge in [-0.1, -0.05) is 18.2 Å². The molecule has 3 heterocycles. The average molecular weight is 535 g/mol. The number of aromatic nitrogens is 1. The van der Waals surface area contributed by atoms with Gasteiger partial charge in [0.25, 0.3) is 0 Å². The second kappa shape index (κ2) is 10.7. The Kier molecular flexibility index (Phi) is 7.21. The first-order chi connectivity index (χ1) is 18.8. The summed E-state index contributed by atoms with van der Waals surface area (Å²) in [6, 6.07) is 12.3. The molecule has 1 aliphatic heterocycles. The summed E-state index contributed by atoms with van der Waals surface area (Å²) < 4.78 is 21.7. The van der Waals surface area contributed by atoms with Gasteiger partial charge in [-0.2, -0.15) is 0 Å². The highest BCUT2D eigenvalue weighted by Crippen LogP contribution is 2.43. The number of phenolic OH excluding ortho intramolecular Hbond substituents is 1. The molecule has 4 aromatic rings. The molecular formula is C29H30N2O8. The predicted octanol–water partition coefficient (Wildman–Crippen LogP) is 3.80. The summed E-state index contributed by atoms with van der Waals surface area (Å²) >= 11 is 0. The van der Waals surface area contributed by atoms with Crippen molar-refractivity contribution < 1.29 is 33.6 Å². The maximum atomic E-state index is 13.7. The van der Waals surface area contributed by atoms with Crippen LogP contribution in [0.5, 0.6) is 23.0 Å². The van der Waals surface area contributed by atoms with Crippen molar-refractivity contribution in [2.24, 2.45) is 0 Å². The molecule has 2 aromatic heterocycles. The number of ether oxygens (including phenoxy) is 3. The topological polar surface area (TPSA) is 134 Å². The Morgan fingerprint density at radius 3 is 2.49 bits per heavy atom. The molecule has 0 saturated heterocycles. The molecule has 1 aliphatic rings. The molecule has 10 nitrogen and oxygen atoms in total. The van der Waals surface area contributed by atoms with Gasteiger partial charge in [0.15, 0.2) is 17.3 Å². The van der Waals surface area contributed by atoms with Crippen molar-refractivity contribution in [3.63, 3.8) is 0 Å². The van der Waals surface area contributed by atoms with Gasteiger partial charge in [-0.15, -0.1) is 0 Å². The molecule has 2 aromatic carbocycles. The number of benzene rings is 2. The largest absolute Gasteiger partial charge is 0.502 e. The second-order valence-corrected chi connectivity index (χ2v) is 9.45. The first-order valence-electron chi connectivity index (χ1n) is 12.5. The van der Waals surface area contributed by atoms with Gasteiger partial charge >= 0.3 is 0 Å². The standard InChI is InChI=1S/C29H30N2O8/c1-36-15-17-12-23(32)27(34)29(39-17)20(16-10-24(37-2)28(35)25(11-16)38-3)13-26(33)31-9-8-19-18-6-4-5-7-21(18)30-22(19)14-31/h4-7,10-12,20,30,34-35H,8-9,13-15H2,1-3H3/t20-/m1/s1. The van der Waals surface area contributed by atoms with E-state index in [0.717, 1.165) is 22.7 Å². The minimum atomic E-state index is -0.894.